The van der Waals surface area contributed by atoms with Crippen molar-refractivity contribution >= 4 is 23.5 Å². The van der Waals surface area contributed by atoms with Crippen molar-refractivity contribution in [2.24, 2.45) is 5.73 Å². The molecule has 0 aliphatic rings. The molecular weight excluding hydrogens is 413 g/mol. The number of primary amides is 1. The van der Waals surface area contributed by atoms with Crippen molar-refractivity contribution in [1.29, 1.82) is 0 Å². The molecule has 3 aromatic rings. The number of hydrogen-bond donors (Lipinski definition) is 3. The summed E-state index contributed by atoms with van der Waals surface area (Å²) in [6, 6.07) is 14.0. The van der Waals surface area contributed by atoms with E-state index in [2.05, 4.69) is 5.32 Å². The van der Waals surface area contributed by atoms with Crippen LogP contribution >= 0.6 is 0 Å². The van der Waals surface area contributed by atoms with Gasteiger partial charge >= 0.3 is 12.1 Å². The number of amides is 2. The molecule has 3 rings (SSSR count). The number of anilines is 1. The fraction of sp³-hybridized carbons (Fsp3) is 0.0455. The molecule has 0 radical (unpaired) electrons. The number of benzene rings is 3. The second-order valence-corrected chi connectivity index (χ2v) is 6.47. The van der Waals surface area contributed by atoms with E-state index >= 15 is 0 Å². The summed E-state index contributed by atoms with van der Waals surface area (Å²) < 4.78 is 40.4. The third-order valence-corrected chi connectivity index (χ3v) is 4.47. The number of para-hydroxylation sites is 1. The molecule has 0 atom stereocenters. The van der Waals surface area contributed by atoms with E-state index < -0.39 is 29.5 Å². The number of alkyl halides is 3. The molecule has 0 unspecified atom stereocenters. The smallest absolute Gasteiger partial charge is 0.417 e. The van der Waals surface area contributed by atoms with Gasteiger partial charge in [-0.3, -0.25) is 9.59 Å². The molecule has 0 heterocycles. The number of nitrogens with one attached hydrogen (secondary N) is 1. The van der Waals surface area contributed by atoms with E-state index in [1.165, 1.54) is 42.5 Å². The highest BCUT2D eigenvalue weighted by Crippen LogP contribution is 2.39. The van der Waals surface area contributed by atoms with Crippen LogP contribution in [0, 0.1) is 0 Å². The van der Waals surface area contributed by atoms with Crippen LogP contribution in [-0.4, -0.2) is 22.9 Å². The molecule has 0 fully saturated rings. The van der Waals surface area contributed by atoms with Crippen molar-refractivity contribution in [2.75, 3.05) is 5.32 Å². The lowest BCUT2D eigenvalue weighted by atomic mass is 9.97. The predicted molar refractivity (Wildman–Crippen MR) is 107 cm³/mol. The van der Waals surface area contributed by atoms with Gasteiger partial charge in [0.25, 0.3) is 5.91 Å². The normalized spacial score (nSPS) is 11.1. The maximum atomic E-state index is 13.5. The molecule has 6 nitrogen and oxygen atoms in total. The number of carbonyl (C=O) groups excluding carboxylic acids is 2. The number of rotatable bonds is 5. The quantitative estimate of drug-likeness (QED) is 0.559. The van der Waals surface area contributed by atoms with Crippen molar-refractivity contribution in [1.82, 2.24) is 0 Å². The minimum absolute atomic E-state index is 0.0712. The van der Waals surface area contributed by atoms with Crippen LogP contribution in [0.4, 0.5) is 18.9 Å². The molecule has 0 aliphatic heterocycles. The lowest BCUT2D eigenvalue weighted by Crippen LogP contribution is -2.21. The summed E-state index contributed by atoms with van der Waals surface area (Å²) in [5.74, 6) is -3.17. The molecule has 4 N–H and O–H groups in total. The highest BCUT2D eigenvalue weighted by atomic mass is 19.4. The predicted octanol–water partition coefficient (Wildman–Crippen LogP) is 4.42. The number of hydrogen-bond acceptors (Lipinski definition) is 3. The second-order valence-electron chi connectivity index (χ2n) is 6.47. The Kier molecular flexibility index (Phi) is 5.78. The van der Waals surface area contributed by atoms with Gasteiger partial charge in [0.15, 0.2) is 0 Å². The van der Waals surface area contributed by atoms with Gasteiger partial charge in [-0.15, -0.1) is 0 Å². The van der Waals surface area contributed by atoms with Crippen LogP contribution in [0.1, 0.15) is 36.6 Å². The first kappa shape index (κ1) is 21.6. The summed E-state index contributed by atoms with van der Waals surface area (Å²) in [7, 11) is 0. The van der Waals surface area contributed by atoms with E-state index in [4.69, 9.17) is 10.8 Å². The number of carboxylic acids is 1. The van der Waals surface area contributed by atoms with Gasteiger partial charge in [-0.1, -0.05) is 36.4 Å². The van der Waals surface area contributed by atoms with Crippen LogP contribution in [-0.2, 0) is 6.18 Å². The van der Waals surface area contributed by atoms with Gasteiger partial charge in [0.05, 0.1) is 22.3 Å². The Labute approximate surface area is 174 Å². The molecule has 0 spiro atoms. The van der Waals surface area contributed by atoms with Gasteiger partial charge in [0.2, 0.25) is 5.91 Å². The highest BCUT2D eigenvalue weighted by molar-refractivity contribution is 6.13. The molecule has 9 heteroatoms. The zero-order valence-electron chi connectivity index (χ0n) is 15.7. The number of carboxylic acid groups (broad SMARTS) is 1. The average molecular weight is 428 g/mol. The van der Waals surface area contributed by atoms with Crippen LogP contribution in [0.5, 0.6) is 0 Å². The first-order valence-corrected chi connectivity index (χ1v) is 8.83. The number of nitrogens with two attached hydrogens (primary N) is 1. The summed E-state index contributed by atoms with van der Waals surface area (Å²) in [5, 5.41) is 11.6. The fourth-order valence-electron chi connectivity index (χ4n) is 3.06. The van der Waals surface area contributed by atoms with Crippen LogP contribution in [0.15, 0.2) is 66.7 Å². The van der Waals surface area contributed by atoms with E-state index in [9.17, 15) is 27.6 Å². The zero-order valence-corrected chi connectivity index (χ0v) is 15.7. The largest absolute Gasteiger partial charge is 0.478 e. The highest BCUT2D eigenvalue weighted by Gasteiger charge is 2.33. The first-order chi connectivity index (χ1) is 14.6. The molecule has 0 aromatic heterocycles. The molecule has 31 heavy (non-hydrogen) atoms. The summed E-state index contributed by atoms with van der Waals surface area (Å²) in [6.07, 6.45) is -4.61. The Morgan fingerprint density at radius 2 is 1.45 bits per heavy atom. The van der Waals surface area contributed by atoms with E-state index in [0.717, 1.165) is 24.3 Å². The molecule has 0 saturated carbocycles. The van der Waals surface area contributed by atoms with Gasteiger partial charge in [0.1, 0.15) is 0 Å². The van der Waals surface area contributed by atoms with E-state index in [1.807, 2.05) is 0 Å². The molecule has 0 saturated heterocycles. The van der Waals surface area contributed by atoms with Crippen molar-refractivity contribution in [3.05, 3.63) is 89.0 Å². The molecule has 158 valence electrons. The van der Waals surface area contributed by atoms with Crippen LogP contribution in [0.25, 0.3) is 11.1 Å². The second kappa shape index (κ2) is 8.31. The van der Waals surface area contributed by atoms with Crippen LogP contribution in [0.2, 0.25) is 0 Å². The molecule has 3 aromatic carbocycles. The molecule has 0 aliphatic carbocycles. The molecular formula is C22H15F3N2O4. The van der Waals surface area contributed by atoms with Crippen LogP contribution < -0.4 is 11.1 Å². The van der Waals surface area contributed by atoms with Gasteiger partial charge in [-0.2, -0.15) is 13.2 Å². The summed E-state index contributed by atoms with van der Waals surface area (Å²) in [4.78, 5) is 35.6. The van der Waals surface area contributed by atoms with Crippen molar-refractivity contribution < 1.29 is 32.7 Å². The standard InChI is InChI=1S/C22H15F3N2O4/c23-22(24,25)17-7-3-1-5-13(17)14-6-2-4-8-18(14)27-20(29)15-10-9-12(21(30)31)11-16(15)19(26)28/h1-11H,(H2,26,28)(H,27,29)(H,30,31). The fourth-order valence-corrected chi connectivity index (χ4v) is 3.06. The summed E-state index contributed by atoms with van der Waals surface area (Å²) in [5.41, 5.74) is 3.66. The number of aromatic carboxylic acids is 1. The Bertz CT molecular complexity index is 1190. The van der Waals surface area contributed by atoms with E-state index in [-0.39, 0.29) is 33.5 Å². The molecule has 0 bridgehead atoms. The number of carbonyl (C=O) groups is 3. The Balaban J connectivity index is 2.05. The lowest BCUT2D eigenvalue weighted by Gasteiger charge is -2.17. The van der Waals surface area contributed by atoms with Gasteiger partial charge in [-0.05, 0) is 35.9 Å². The van der Waals surface area contributed by atoms with E-state index in [0.29, 0.717) is 0 Å². The Morgan fingerprint density at radius 3 is 2.06 bits per heavy atom. The Morgan fingerprint density at radius 1 is 0.839 bits per heavy atom. The first-order valence-electron chi connectivity index (χ1n) is 8.83. The van der Waals surface area contributed by atoms with Gasteiger partial charge in [0, 0.05) is 11.3 Å². The monoisotopic (exact) mass is 428 g/mol. The van der Waals surface area contributed by atoms with E-state index in [1.54, 1.807) is 0 Å². The van der Waals surface area contributed by atoms with Crippen LogP contribution in [0.3, 0.4) is 0 Å². The third-order valence-electron chi connectivity index (χ3n) is 4.47. The maximum absolute atomic E-state index is 13.5. The summed E-state index contributed by atoms with van der Waals surface area (Å²) in [6.45, 7) is 0. The topological polar surface area (TPSA) is 109 Å². The van der Waals surface area contributed by atoms with Crippen molar-refractivity contribution in [3.8, 4) is 11.1 Å². The minimum Gasteiger partial charge on any atom is -0.478 e. The van der Waals surface area contributed by atoms with Crippen molar-refractivity contribution in [2.45, 2.75) is 6.18 Å². The summed E-state index contributed by atoms with van der Waals surface area (Å²) >= 11 is 0. The van der Waals surface area contributed by atoms with Gasteiger partial charge < -0.3 is 16.2 Å². The Hall–Kier alpha value is -4.14. The SMILES string of the molecule is NC(=O)c1cc(C(=O)O)ccc1C(=O)Nc1ccccc1-c1ccccc1C(F)(F)F. The van der Waals surface area contributed by atoms with Crippen molar-refractivity contribution in [3.63, 3.8) is 0 Å². The maximum Gasteiger partial charge on any atom is 0.417 e. The lowest BCUT2D eigenvalue weighted by molar-refractivity contribution is -0.137. The average Bonchev–Trinajstić information content (AvgIpc) is 2.73. The number of halogens is 3. The zero-order chi connectivity index (χ0) is 22.8. The van der Waals surface area contributed by atoms with Gasteiger partial charge in [-0.25, -0.2) is 4.79 Å². The molecule has 2 amide bonds. The minimum atomic E-state index is -4.61. The third kappa shape index (κ3) is 4.55.